The molecule has 2 rings (SSSR count). The van der Waals surface area contributed by atoms with Gasteiger partial charge in [0, 0.05) is 18.4 Å². The minimum atomic E-state index is -0.927. The molecule has 92 valence electrons. The number of aromatic carboxylic acids is 1. The molecular weight excluding hydrogens is 216 g/mol. The Kier molecular flexibility index (Phi) is 3.61. The standard InChI is InChI=1S/C13H18N2O2/c1-9-7-12(11(8-15-9)13(16)17)14-6-5-10-3-2-4-10/h7-8,10H,2-6H2,1H3,(H,14,15)(H,16,17). The van der Waals surface area contributed by atoms with E-state index in [-0.39, 0.29) is 5.56 Å². The minimum absolute atomic E-state index is 0.254. The van der Waals surface area contributed by atoms with Gasteiger partial charge < -0.3 is 10.4 Å². The van der Waals surface area contributed by atoms with E-state index >= 15 is 0 Å². The van der Waals surface area contributed by atoms with Gasteiger partial charge in [0.1, 0.15) is 5.56 Å². The SMILES string of the molecule is Cc1cc(NCCC2CCC2)c(C(=O)O)cn1. The Hall–Kier alpha value is -1.58. The molecule has 17 heavy (non-hydrogen) atoms. The van der Waals surface area contributed by atoms with Crippen molar-refractivity contribution in [3.05, 3.63) is 23.5 Å². The fourth-order valence-corrected chi connectivity index (χ4v) is 2.07. The van der Waals surface area contributed by atoms with E-state index < -0.39 is 5.97 Å². The predicted octanol–water partition coefficient (Wildman–Crippen LogP) is 2.69. The average Bonchev–Trinajstić information content (AvgIpc) is 2.21. The highest BCUT2D eigenvalue weighted by atomic mass is 16.4. The van der Waals surface area contributed by atoms with Crippen molar-refractivity contribution >= 4 is 11.7 Å². The Morgan fingerprint density at radius 3 is 2.94 bits per heavy atom. The van der Waals surface area contributed by atoms with Crippen molar-refractivity contribution in [2.75, 3.05) is 11.9 Å². The molecule has 0 aliphatic heterocycles. The van der Waals surface area contributed by atoms with E-state index in [1.54, 1.807) is 6.07 Å². The molecule has 0 saturated heterocycles. The lowest BCUT2D eigenvalue weighted by Gasteiger charge is -2.25. The molecule has 1 aromatic rings. The van der Waals surface area contributed by atoms with Crippen LogP contribution in [-0.2, 0) is 0 Å². The molecule has 4 heteroatoms. The van der Waals surface area contributed by atoms with Gasteiger partial charge in [-0.1, -0.05) is 19.3 Å². The number of carboxylic acids is 1. The summed E-state index contributed by atoms with van der Waals surface area (Å²) in [5.74, 6) is -0.0950. The van der Waals surface area contributed by atoms with Crippen LogP contribution in [0.4, 0.5) is 5.69 Å². The number of nitrogens with zero attached hydrogens (tertiary/aromatic N) is 1. The second-order valence-electron chi connectivity index (χ2n) is 4.69. The fourth-order valence-electron chi connectivity index (χ4n) is 2.07. The normalized spacial score (nSPS) is 15.4. The first-order chi connectivity index (χ1) is 8.16. The zero-order valence-electron chi connectivity index (χ0n) is 10.1. The van der Waals surface area contributed by atoms with Crippen LogP contribution in [0.3, 0.4) is 0 Å². The first-order valence-corrected chi connectivity index (χ1v) is 6.10. The number of hydrogen-bond donors (Lipinski definition) is 2. The zero-order valence-corrected chi connectivity index (χ0v) is 10.1. The molecule has 0 amide bonds. The summed E-state index contributed by atoms with van der Waals surface area (Å²) in [6.45, 7) is 2.71. The fraction of sp³-hybridized carbons (Fsp3) is 0.538. The number of rotatable bonds is 5. The topological polar surface area (TPSA) is 62.2 Å². The Bertz CT molecular complexity index is 414. The lowest BCUT2D eigenvalue weighted by atomic mass is 9.83. The molecule has 2 N–H and O–H groups in total. The van der Waals surface area contributed by atoms with Crippen LogP contribution in [0.1, 0.15) is 41.7 Å². The lowest BCUT2D eigenvalue weighted by Crippen LogP contribution is -2.16. The molecular formula is C13H18N2O2. The Balaban J connectivity index is 1.97. The third-order valence-electron chi connectivity index (χ3n) is 3.36. The van der Waals surface area contributed by atoms with Crippen LogP contribution in [0.25, 0.3) is 0 Å². The van der Waals surface area contributed by atoms with E-state index in [2.05, 4.69) is 10.3 Å². The van der Waals surface area contributed by atoms with E-state index in [9.17, 15) is 4.79 Å². The van der Waals surface area contributed by atoms with Gasteiger partial charge in [0.25, 0.3) is 0 Å². The Morgan fingerprint density at radius 1 is 1.59 bits per heavy atom. The molecule has 0 radical (unpaired) electrons. The maximum Gasteiger partial charge on any atom is 0.339 e. The van der Waals surface area contributed by atoms with Crippen molar-refractivity contribution in [2.24, 2.45) is 5.92 Å². The van der Waals surface area contributed by atoms with Crippen molar-refractivity contribution in [3.63, 3.8) is 0 Å². The predicted molar refractivity (Wildman–Crippen MR) is 66.4 cm³/mol. The van der Waals surface area contributed by atoms with E-state index in [1.807, 2.05) is 6.92 Å². The van der Waals surface area contributed by atoms with Crippen molar-refractivity contribution < 1.29 is 9.90 Å². The van der Waals surface area contributed by atoms with Gasteiger partial charge >= 0.3 is 5.97 Å². The molecule has 0 unspecified atom stereocenters. The summed E-state index contributed by atoms with van der Waals surface area (Å²) in [6.07, 6.45) is 6.54. The molecule has 0 spiro atoms. The van der Waals surface area contributed by atoms with Crippen LogP contribution < -0.4 is 5.32 Å². The van der Waals surface area contributed by atoms with Crippen molar-refractivity contribution in [1.29, 1.82) is 0 Å². The Morgan fingerprint density at radius 2 is 2.35 bits per heavy atom. The molecule has 1 aromatic heterocycles. The number of aryl methyl sites for hydroxylation is 1. The maximum atomic E-state index is 11.0. The first kappa shape index (κ1) is 11.9. The molecule has 4 nitrogen and oxygen atoms in total. The van der Waals surface area contributed by atoms with Gasteiger partial charge in [0.05, 0.1) is 5.69 Å². The summed E-state index contributed by atoms with van der Waals surface area (Å²) < 4.78 is 0. The second kappa shape index (κ2) is 5.17. The van der Waals surface area contributed by atoms with Crippen LogP contribution in [0.15, 0.2) is 12.3 Å². The number of carbonyl (C=O) groups is 1. The Labute approximate surface area is 101 Å². The third-order valence-corrected chi connectivity index (χ3v) is 3.36. The number of hydrogen-bond acceptors (Lipinski definition) is 3. The number of pyridine rings is 1. The van der Waals surface area contributed by atoms with Gasteiger partial charge in [-0.3, -0.25) is 4.98 Å². The monoisotopic (exact) mass is 234 g/mol. The average molecular weight is 234 g/mol. The van der Waals surface area contributed by atoms with Gasteiger partial charge in [-0.15, -0.1) is 0 Å². The highest BCUT2D eigenvalue weighted by Crippen LogP contribution is 2.29. The van der Waals surface area contributed by atoms with Gasteiger partial charge in [-0.2, -0.15) is 0 Å². The van der Waals surface area contributed by atoms with Crippen molar-refractivity contribution in [1.82, 2.24) is 4.98 Å². The van der Waals surface area contributed by atoms with E-state index in [1.165, 1.54) is 25.5 Å². The molecule has 1 heterocycles. The quantitative estimate of drug-likeness (QED) is 0.822. The number of aromatic nitrogens is 1. The number of nitrogens with one attached hydrogen (secondary N) is 1. The number of carboxylic acid groups (broad SMARTS) is 1. The smallest absolute Gasteiger partial charge is 0.339 e. The summed E-state index contributed by atoms with van der Waals surface area (Å²) in [5.41, 5.74) is 1.77. The summed E-state index contributed by atoms with van der Waals surface area (Å²) in [5, 5.41) is 12.3. The zero-order chi connectivity index (χ0) is 12.3. The number of anilines is 1. The highest BCUT2D eigenvalue weighted by molar-refractivity contribution is 5.93. The molecule has 1 aliphatic rings. The second-order valence-corrected chi connectivity index (χ2v) is 4.69. The molecule has 0 bridgehead atoms. The van der Waals surface area contributed by atoms with E-state index in [0.29, 0.717) is 5.69 Å². The van der Waals surface area contributed by atoms with Gasteiger partial charge in [-0.25, -0.2) is 4.79 Å². The third kappa shape index (κ3) is 2.96. The minimum Gasteiger partial charge on any atom is -0.478 e. The van der Waals surface area contributed by atoms with Gasteiger partial charge in [0.2, 0.25) is 0 Å². The maximum absolute atomic E-state index is 11.0. The van der Waals surface area contributed by atoms with E-state index in [0.717, 1.165) is 24.6 Å². The molecule has 1 aliphatic carbocycles. The van der Waals surface area contributed by atoms with Crippen molar-refractivity contribution in [2.45, 2.75) is 32.6 Å². The largest absolute Gasteiger partial charge is 0.478 e. The summed E-state index contributed by atoms with van der Waals surface area (Å²) in [4.78, 5) is 15.0. The van der Waals surface area contributed by atoms with Crippen LogP contribution in [0.5, 0.6) is 0 Å². The van der Waals surface area contributed by atoms with Crippen LogP contribution in [-0.4, -0.2) is 22.6 Å². The van der Waals surface area contributed by atoms with Crippen LogP contribution >= 0.6 is 0 Å². The van der Waals surface area contributed by atoms with Gasteiger partial charge in [0.15, 0.2) is 0 Å². The highest BCUT2D eigenvalue weighted by Gasteiger charge is 2.17. The summed E-state index contributed by atoms with van der Waals surface area (Å²) in [7, 11) is 0. The lowest BCUT2D eigenvalue weighted by molar-refractivity contribution is 0.0697. The molecule has 0 aromatic carbocycles. The first-order valence-electron chi connectivity index (χ1n) is 6.10. The molecule has 0 atom stereocenters. The van der Waals surface area contributed by atoms with Crippen LogP contribution in [0.2, 0.25) is 0 Å². The van der Waals surface area contributed by atoms with Crippen molar-refractivity contribution in [3.8, 4) is 0 Å². The summed E-state index contributed by atoms with van der Waals surface area (Å²) in [6, 6.07) is 1.80. The summed E-state index contributed by atoms with van der Waals surface area (Å²) >= 11 is 0. The van der Waals surface area contributed by atoms with Crippen LogP contribution in [0, 0.1) is 12.8 Å². The molecule has 1 saturated carbocycles. The molecule has 1 fully saturated rings. The van der Waals surface area contributed by atoms with Gasteiger partial charge in [-0.05, 0) is 25.3 Å². The van der Waals surface area contributed by atoms with E-state index in [4.69, 9.17) is 5.11 Å².